The van der Waals surface area contributed by atoms with Crippen LogP contribution in [0.25, 0.3) is 0 Å². The summed E-state index contributed by atoms with van der Waals surface area (Å²) in [7, 11) is 1.61. The number of amides is 2. The Morgan fingerprint density at radius 2 is 1.68 bits per heavy atom. The zero-order valence-corrected chi connectivity index (χ0v) is 27.9. The maximum Gasteiger partial charge on any atom is 0.407 e. The van der Waals surface area contributed by atoms with Gasteiger partial charge >= 0.3 is 12.1 Å². The van der Waals surface area contributed by atoms with Gasteiger partial charge in [0.25, 0.3) is 0 Å². The summed E-state index contributed by atoms with van der Waals surface area (Å²) in [6.07, 6.45) is 2.10. The molecule has 0 fully saturated rings. The van der Waals surface area contributed by atoms with E-state index in [0.717, 1.165) is 18.4 Å². The molecule has 0 radical (unpaired) electrons. The van der Waals surface area contributed by atoms with Crippen LogP contribution < -0.4 is 20.1 Å². The van der Waals surface area contributed by atoms with Crippen LogP contribution in [0.2, 0.25) is 0 Å². The smallest absolute Gasteiger partial charge is 0.407 e. The van der Waals surface area contributed by atoms with Gasteiger partial charge in [-0.2, -0.15) is 0 Å². The number of methoxy groups -OCH3 is 1. The lowest BCUT2D eigenvalue weighted by Crippen LogP contribution is -2.48. The third-order valence-corrected chi connectivity index (χ3v) is 7.15. The fraction of sp³-hybridized carbons (Fsp3) is 0.727. The molecule has 0 aromatic heterocycles. The number of nitrogens with one attached hydrogen (secondary N) is 2. The largest absolute Gasteiger partial charge is 0.490 e. The SMILES string of the molecule is CCCCNC(=O)[C@H](C)C[C@H](O)[C@H](C[C@H](Cc1ccc(OCC(=O)O)c(OCCCOC)c1)C(C)C)NC(=O)OC(C)(C)C. The second-order valence-corrected chi connectivity index (χ2v) is 12.7. The van der Waals surface area contributed by atoms with Gasteiger partial charge in [0.15, 0.2) is 18.1 Å². The van der Waals surface area contributed by atoms with Crippen LogP contribution in [0.15, 0.2) is 18.2 Å². The van der Waals surface area contributed by atoms with E-state index in [-0.39, 0.29) is 24.2 Å². The Labute approximate surface area is 263 Å². The molecule has 4 atom stereocenters. The summed E-state index contributed by atoms with van der Waals surface area (Å²) < 4.78 is 22.0. The summed E-state index contributed by atoms with van der Waals surface area (Å²) in [6, 6.07) is 4.75. The van der Waals surface area contributed by atoms with E-state index in [2.05, 4.69) is 31.4 Å². The number of hydrogen-bond donors (Lipinski definition) is 4. The first-order valence-corrected chi connectivity index (χ1v) is 15.7. The second kappa shape index (κ2) is 20.1. The molecule has 0 aliphatic rings. The van der Waals surface area contributed by atoms with E-state index < -0.39 is 42.3 Å². The van der Waals surface area contributed by atoms with Crippen molar-refractivity contribution in [1.82, 2.24) is 10.6 Å². The molecule has 0 heterocycles. The van der Waals surface area contributed by atoms with E-state index in [0.29, 0.717) is 50.5 Å². The molecule has 2 amide bonds. The summed E-state index contributed by atoms with van der Waals surface area (Å²) in [5, 5.41) is 26.2. The van der Waals surface area contributed by atoms with Crippen molar-refractivity contribution < 1.29 is 43.5 Å². The fourth-order valence-corrected chi connectivity index (χ4v) is 4.62. The van der Waals surface area contributed by atoms with Crippen molar-refractivity contribution in [3.05, 3.63) is 23.8 Å². The van der Waals surface area contributed by atoms with Gasteiger partial charge < -0.3 is 39.8 Å². The van der Waals surface area contributed by atoms with Crippen LogP contribution in [0.5, 0.6) is 11.5 Å². The quantitative estimate of drug-likeness (QED) is 0.139. The Bertz CT molecular complexity index is 1010. The highest BCUT2D eigenvalue weighted by molar-refractivity contribution is 5.78. The van der Waals surface area contributed by atoms with Gasteiger partial charge in [-0.1, -0.05) is 40.2 Å². The van der Waals surface area contributed by atoms with Gasteiger partial charge in [-0.05, 0) is 76.0 Å². The average Bonchev–Trinajstić information content (AvgIpc) is 2.92. The molecule has 0 bridgehead atoms. The van der Waals surface area contributed by atoms with Crippen LogP contribution in [0.3, 0.4) is 0 Å². The second-order valence-electron chi connectivity index (χ2n) is 12.7. The molecule has 252 valence electrons. The summed E-state index contributed by atoms with van der Waals surface area (Å²) in [5.74, 6) is -0.696. The molecule has 11 nitrogen and oxygen atoms in total. The van der Waals surface area contributed by atoms with Crippen molar-refractivity contribution >= 4 is 18.0 Å². The maximum atomic E-state index is 12.8. The number of aliphatic hydroxyl groups is 1. The number of carbonyl (C=O) groups is 3. The molecule has 1 aromatic rings. The standard InChI is InChI=1S/C33H56N2O9/c1-9-10-14-34-31(39)23(4)17-27(36)26(35-32(40)44-33(5,6)7)20-25(22(2)3)18-24-12-13-28(43-21-30(37)38)29(19-24)42-16-11-15-41-8/h12-13,19,22-23,25-27,36H,9-11,14-18,20-21H2,1-8H3,(H,34,39)(H,35,40)(H,37,38)/t23-,25+,26+,27+/m1/s1. The zero-order valence-electron chi connectivity index (χ0n) is 27.9. The van der Waals surface area contributed by atoms with Gasteiger partial charge in [0, 0.05) is 32.6 Å². The first-order valence-electron chi connectivity index (χ1n) is 15.7. The van der Waals surface area contributed by atoms with Crippen LogP contribution in [0, 0.1) is 17.8 Å². The minimum absolute atomic E-state index is 0.0189. The third-order valence-electron chi connectivity index (χ3n) is 7.15. The van der Waals surface area contributed by atoms with E-state index in [9.17, 15) is 19.5 Å². The number of ether oxygens (including phenoxy) is 4. The molecular formula is C33H56N2O9. The van der Waals surface area contributed by atoms with Crippen molar-refractivity contribution in [2.75, 3.05) is 33.5 Å². The van der Waals surface area contributed by atoms with Gasteiger partial charge in [0.2, 0.25) is 5.91 Å². The van der Waals surface area contributed by atoms with Crippen molar-refractivity contribution in [2.45, 2.75) is 105 Å². The van der Waals surface area contributed by atoms with E-state index >= 15 is 0 Å². The average molecular weight is 625 g/mol. The number of benzene rings is 1. The lowest BCUT2D eigenvalue weighted by atomic mass is 9.82. The number of carbonyl (C=O) groups excluding carboxylic acids is 2. The number of rotatable bonds is 21. The van der Waals surface area contributed by atoms with Crippen molar-refractivity contribution in [2.24, 2.45) is 17.8 Å². The topological polar surface area (TPSA) is 153 Å². The van der Waals surface area contributed by atoms with Gasteiger partial charge in [-0.25, -0.2) is 9.59 Å². The lowest BCUT2D eigenvalue weighted by Gasteiger charge is -2.32. The van der Waals surface area contributed by atoms with E-state index in [1.54, 1.807) is 40.9 Å². The van der Waals surface area contributed by atoms with Crippen molar-refractivity contribution in [1.29, 1.82) is 0 Å². The van der Waals surface area contributed by atoms with E-state index in [4.69, 9.17) is 24.1 Å². The highest BCUT2D eigenvalue weighted by atomic mass is 16.6. The molecule has 0 spiro atoms. The van der Waals surface area contributed by atoms with Gasteiger partial charge in [-0.15, -0.1) is 0 Å². The van der Waals surface area contributed by atoms with Gasteiger partial charge in [-0.3, -0.25) is 4.79 Å². The first kappa shape index (κ1) is 39.0. The van der Waals surface area contributed by atoms with Crippen LogP contribution in [-0.2, 0) is 25.5 Å². The van der Waals surface area contributed by atoms with E-state index in [1.807, 2.05) is 12.1 Å². The number of carboxylic acids is 1. The molecule has 4 N–H and O–H groups in total. The Kier molecular flexibility index (Phi) is 17.8. The minimum atomic E-state index is -1.09. The molecule has 0 aliphatic carbocycles. The Morgan fingerprint density at radius 3 is 2.27 bits per heavy atom. The Morgan fingerprint density at radius 1 is 0.977 bits per heavy atom. The molecular weight excluding hydrogens is 568 g/mol. The Hall–Kier alpha value is -3.05. The molecule has 1 rings (SSSR count). The highest BCUT2D eigenvalue weighted by Gasteiger charge is 2.31. The van der Waals surface area contributed by atoms with Crippen molar-refractivity contribution in [3.8, 4) is 11.5 Å². The maximum absolute atomic E-state index is 12.8. The van der Waals surface area contributed by atoms with E-state index in [1.165, 1.54) is 0 Å². The van der Waals surface area contributed by atoms with Crippen LogP contribution in [-0.4, -0.2) is 79.4 Å². The number of carboxylic acid groups (broad SMARTS) is 1. The number of hydrogen-bond acceptors (Lipinski definition) is 8. The summed E-state index contributed by atoms with van der Waals surface area (Å²) in [4.78, 5) is 36.5. The molecule has 44 heavy (non-hydrogen) atoms. The number of alkyl carbamates (subject to hydrolysis) is 1. The number of aliphatic carboxylic acids is 1. The number of unbranched alkanes of at least 4 members (excludes halogenated alkanes) is 1. The predicted molar refractivity (Wildman–Crippen MR) is 169 cm³/mol. The van der Waals surface area contributed by atoms with Crippen LogP contribution >= 0.6 is 0 Å². The molecule has 0 saturated heterocycles. The van der Waals surface area contributed by atoms with Crippen LogP contribution in [0.1, 0.15) is 86.1 Å². The predicted octanol–water partition coefficient (Wildman–Crippen LogP) is 4.97. The highest BCUT2D eigenvalue weighted by Crippen LogP contribution is 2.32. The molecule has 0 saturated carbocycles. The first-order chi connectivity index (χ1) is 20.7. The van der Waals surface area contributed by atoms with Crippen LogP contribution in [0.4, 0.5) is 4.79 Å². The summed E-state index contributed by atoms with van der Waals surface area (Å²) in [5.41, 5.74) is 0.218. The number of aliphatic hydroxyl groups excluding tert-OH is 1. The fourth-order valence-electron chi connectivity index (χ4n) is 4.62. The summed E-state index contributed by atoms with van der Waals surface area (Å²) in [6.45, 7) is 14.3. The minimum Gasteiger partial charge on any atom is -0.490 e. The molecule has 0 unspecified atom stereocenters. The molecule has 0 aliphatic heterocycles. The third kappa shape index (κ3) is 16.1. The summed E-state index contributed by atoms with van der Waals surface area (Å²) >= 11 is 0. The van der Waals surface area contributed by atoms with Gasteiger partial charge in [0.05, 0.1) is 18.8 Å². The van der Waals surface area contributed by atoms with Crippen molar-refractivity contribution in [3.63, 3.8) is 0 Å². The normalized spacial score (nSPS) is 14.3. The van der Waals surface area contributed by atoms with Gasteiger partial charge in [0.1, 0.15) is 5.60 Å². The molecule has 1 aromatic carbocycles. The monoisotopic (exact) mass is 624 g/mol. The molecule has 11 heteroatoms. The zero-order chi connectivity index (χ0) is 33.3. The Balaban J connectivity index is 3.19. The lowest BCUT2D eigenvalue weighted by molar-refractivity contribution is -0.139.